The lowest BCUT2D eigenvalue weighted by atomic mass is 10.2. The third kappa shape index (κ3) is 2.66. The van der Waals surface area contributed by atoms with Gasteiger partial charge >= 0.3 is 0 Å². The summed E-state index contributed by atoms with van der Waals surface area (Å²) in [6.07, 6.45) is 2.62. The van der Waals surface area contributed by atoms with E-state index < -0.39 is 0 Å². The molecule has 0 aliphatic carbocycles. The maximum atomic E-state index is 4.46. The summed E-state index contributed by atoms with van der Waals surface area (Å²) >= 11 is 0. The van der Waals surface area contributed by atoms with Crippen molar-refractivity contribution in [2.24, 2.45) is 0 Å². The van der Waals surface area contributed by atoms with E-state index in [4.69, 9.17) is 0 Å². The van der Waals surface area contributed by atoms with E-state index in [1.54, 1.807) is 6.33 Å². The van der Waals surface area contributed by atoms with E-state index in [2.05, 4.69) is 39.3 Å². The van der Waals surface area contributed by atoms with Crippen LogP contribution >= 0.6 is 0 Å². The fraction of sp³-hybridized carbons (Fsp3) is 0.667. The molecule has 2 heterocycles. The van der Waals surface area contributed by atoms with Gasteiger partial charge in [-0.3, -0.25) is 0 Å². The van der Waals surface area contributed by atoms with Crippen LogP contribution < -0.4 is 15.5 Å². The minimum absolute atomic E-state index is 0.894. The van der Waals surface area contributed by atoms with Gasteiger partial charge in [-0.2, -0.15) is 0 Å². The predicted octanol–water partition coefficient (Wildman–Crippen LogP) is 0.880. The molecule has 0 amide bonds. The van der Waals surface area contributed by atoms with Crippen LogP contribution in [0.25, 0.3) is 0 Å². The topological polar surface area (TPSA) is 53.1 Å². The maximum Gasteiger partial charge on any atom is 0.137 e. The molecule has 0 atom stereocenters. The van der Waals surface area contributed by atoms with Crippen LogP contribution in [-0.4, -0.2) is 42.7 Å². The number of rotatable bonds is 4. The lowest BCUT2D eigenvalue weighted by Gasteiger charge is -2.30. The molecular weight excluding hydrogens is 214 g/mol. The zero-order valence-corrected chi connectivity index (χ0v) is 10.7. The van der Waals surface area contributed by atoms with Gasteiger partial charge in [-0.05, 0) is 13.3 Å². The summed E-state index contributed by atoms with van der Waals surface area (Å²) < 4.78 is 0. The van der Waals surface area contributed by atoms with Crippen molar-refractivity contribution in [3.8, 4) is 0 Å². The number of piperazine rings is 1. The summed E-state index contributed by atoms with van der Waals surface area (Å²) in [5.74, 6) is 2.08. The van der Waals surface area contributed by atoms with Gasteiger partial charge in [-0.15, -0.1) is 0 Å². The van der Waals surface area contributed by atoms with Crippen molar-refractivity contribution in [1.82, 2.24) is 15.3 Å². The highest BCUT2D eigenvalue weighted by Crippen LogP contribution is 2.24. The van der Waals surface area contributed by atoms with Crippen molar-refractivity contribution >= 4 is 11.6 Å². The normalized spacial score (nSPS) is 16.0. The van der Waals surface area contributed by atoms with E-state index in [0.717, 1.165) is 50.8 Å². The van der Waals surface area contributed by atoms with Gasteiger partial charge in [0, 0.05) is 38.3 Å². The van der Waals surface area contributed by atoms with Crippen LogP contribution in [0.2, 0.25) is 0 Å². The van der Waals surface area contributed by atoms with Crippen LogP contribution in [0.15, 0.2) is 6.33 Å². The Morgan fingerprint density at radius 2 is 2.06 bits per heavy atom. The Morgan fingerprint density at radius 1 is 1.29 bits per heavy atom. The summed E-state index contributed by atoms with van der Waals surface area (Å²) in [4.78, 5) is 11.1. The molecular formula is C12H21N5. The highest BCUT2D eigenvalue weighted by atomic mass is 15.2. The zero-order chi connectivity index (χ0) is 12.1. The largest absolute Gasteiger partial charge is 0.370 e. The Bertz CT molecular complexity index is 360. The molecule has 0 unspecified atom stereocenters. The van der Waals surface area contributed by atoms with Gasteiger partial charge in [0.25, 0.3) is 0 Å². The van der Waals surface area contributed by atoms with Gasteiger partial charge in [0.2, 0.25) is 0 Å². The van der Waals surface area contributed by atoms with Gasteiger partial charge in [0.05, 0.1) is 0 Å². The molecule has 1 aliphatic heterocycles. The molecule has 17 heavy (non-hydrogen) atoms. The molecule has 94 valence electrons. The number of hydrogen-bond donors (Lipinski definition) is 2. The minimum atomic E-state index is 0.894. The van der Waals surface area contributed by atoms with Crippen molar-refractivity contribution < 1.29 is 0 Å². The van der Waals surface area contributed by atoms with Gasteiger partial charge in [0.1, 0.15) is 18.0 Å². The van der Waals surface area contributed by atoms with Crippen molar-refractivity contribution in [2.45, 2.75) is 20.3 Å². The summed E-state index contributed by atoms with van der Waals surface area (Å²) in [6.45, 7) is 9.25. The molecule has 0 radical (unpaired) electrons. The van der Waals surface area contributed by atoms with Crippen LogP contribution in [0.5, 0.6) is 0 Å². The van der Waals surface area contributed by atoms with E-state index >= 15 is 0 Å². The molecule has 5 heteroatoms. The molecule has 0 spiro atoms. The second-order valence-electron chi connectivity index (χ2n) is 4.15. The molecule has 0 aromatic carbocycles. The van der Waals surface area contributed by atoms with Crippen LogP contribution in [0.3, 0.4) is 0 Å². The summed E-state index contributed by atoms with van der Waals surface area (Å²) in [7, 11) is 0. The lowest BCUT2D eigenvalue weighted by Crippen LogP contribution is -2.44. The molecule has 2 N–H and O–H groups in total. The first-order chi connectivity index (χ1) is 8.36. The predicted molar refractivity (Wildman–Crippen MR) is 70.7 cm³/mol. The van der Waals surface area contributed by atoms with Gasteiger partial charge in [0.15, 0.2) is 0 Å². The zero-order valence-electron chi connectivity index (χ0n) is 10.7. The highest BCUT2D eigenvalue weighted by Gasteiger charge is 2.17. The van der Waals surface area contributed by atoms with Crippen molar-refractivity contribution in [2.75, 3.05) is 42.9 Å². The van der Waals surface area contributed by atoms with Gasteiger partial charge < -0.3 is 15.5 Å². The Morgan fingerprint density at radius 3 is 2.71 bits per heavy atom. The van der Waals surface area contributed by atoms with Crippen molar-refractivity contribution in [3.05, 3.63) is 11.9 Å². The maximum absolute atomic E-state index is 4.46. The Kier molecular flexibility index (Phi) is 4.14. The second-order valence-corrected chi connectivity index (χ2v) is 4.15. The van der Waals surface area contributed by atoms with E-state index in [0.29, 0.717) is 0 Å². The monoisotopic (exact) mass is 235 g/mol. The third-order valence-corrected chi connectivity index (χ3v) is 3.04. The number of nitrogens with one attached hydrogen (secondary N) is 2. The number of aromatic nitrogens is 2. The number of hydrogen-bond acceptors (Lipinski definition) is 5. The van der Waals surface area contributed by atoms with Gasteiger partial charge in [-0.25, -0.2) is 9.97 Å². The molecule has 2 rings (SSSR count). The number of anilines is 2. The molecule has 1 saturated heterocycles. The summed E-state index contributed by atoms with van der Waals surface area (Å²) in [5, 5.41) is 6.67. The first-order valence-electron chi connectivity index (χ1n) is 6.40. The fourth-order valence-corrected chi connectivity index (χ4v) is 2.20. The van der Waals surface area contributed by atoms with E-state index in [1.165, 1.54) is 5.56 Å². The highest BCUT2D eigenvalue weighted by molar-refractivity contribution is 5.59. The molecule has 1 aromatic heterocycles. The quantitative estimate of drug-likeness (QED) is 0.811. The van der Waals surface area contributed by atoms with Crippen molar-refractivity contribution in [1.29, 1.82) is 0 Å². The van der Waals surface area contributed by atoms with E-state index in [1.807, 2.05) is 0 Å². The summed E-state index contributed by atoms with van der Waals surface area (Å²) in [5.41, 5.74) is 1.23. The van der Waals surface area contributed by atoms with Gasteiger partial charge in [-0.1, -0.05) is 6.92 Å². The average molecular weight is 235 g/mol. The Hall–Kier alpha value is -1.36. The second kappa shape index (κ2) is 5.82. The standard InChI is InChI=1S/C12H21N5/c1-3-10-11(14-4-2)15-9-16-12(10)17-7-5-13-6-8-17/h9,13H,3-8H2,1-2H3,(H,14,15,16). The SMILES string of the molecule is CCNc1ncnc(N2CCNCC2)c1CC. The molecule has 0 bridgehead atoms. The van der Waals surface area contributed by atoms with E-state index in [-0.39, 0.29) is 0 Å². The molecule has 1 fully saturated rings. The van der Waals surface area contributed by atoms with Crippen LogP contribution in [0.1, 0.15) is 19.4 Å². The van der Waals surface area contributed by atoms with Crippen LogP contribution in [0, 0.1) is 0 Å². The van der Waals surface area contributed by atoms with Crippen molar-refractivity contribution in [3.63, 3.8) is 0 Å². The lowest BCUT2D eigenvalue weighted by molar-refractivity contribution is 0.583. The molecule has 1 aromatic rings. The Labute approximate surface area is 103 Å². The van der Waals surface area contributed by atoms with E-state index in [9.17, 15) is 0 Å². The molecule has 5 nitrogen and oxygen atoms in total. The summed E-state index contributed by atoms with van der Waals surface area (Å²) in [6, 6.07) is 0. The molecule has 0 saturated carbocycles. The molecule has 1 aliphatic rings. The minimum Gasteiger partial charge on any atom is -0.370 e. The average Bonchev–Trinajstić information content (AvgIpc) is 2.40. The van der Waals surface area contributed by atoms with Crippen LogP contribution in [-0.2, 0) is 6.42 Å². The number of nitrogens with zero attached hydrogens (tertiary/aromatic N) is 3. The fourth-order valence-electron chi connectivity index (χ4n) is 2.20. The first kappa shape index (κ1) is 12.1. The first-order valence-corrected chi connectivity index (χ1v) is 6.40. The third-order valence-electron chi connectivity index (χ3n) is 3.04. The Balaban J connectivity index is 2.28. The van der Waals surface area contributed by atoms with Crippen LogP contribution in [0.4, 0.5) is 11.6 Å². The smallest absolute Gasteiger partial charge is 0.137 e.